The van der Waals surface area contributed by atoms with Gasteiger partial charge in [0.15, 0.2) is 0 Å². The monoisotopic (exact) mass is 416 g/mol. The third-order valence-corrected chi connectivity index (χ3v) is 5.14. The molecule has 1 aliphatic rings. The first-order valence-corrected chi connectivity index (χ1v) is 8.87. The van der Waals surface area contributed by atoms with Crippen LogP contribution in [0.25, 0.3) is 10.9 Å². The number of fused-ring (bicyclic) bond motifs is 1. The Morgan fingerprint density at radius 2 is 1.96 bits per heavy atom. The fourth-order valence-electron chi connectivity index (χ4n) is 3.31. The van der Waals surface area contributed by atoms with E-state index in [1.807, 2.05) is 12.1 Å². The Kier molecular flexibility index (Phi) is 9.05. The number of benzene rings is 1. The molecule has 0 unspecified atom stereocenters. The van der Waals surface area contributed by atoms with Crippen molar-refractivity contribution < 1.29 is 9.53 Å². The number of hydrogen-bond donors (Lipinski definition) is 2. The molecule has 6 nitrogen and oxygen atoms in total. The number of carbonyl (C=O) groups is 1. The van der Waals surface area contributed by atoms with Crippen molar-refractivity contribution in [3.8, 4) is 0 Å². The molecular formula is C19H30Cl2N4O2. The first-order valence-electron chi connectivity index (χ1n) is 8.87. The van der Waals surface area contributed by atoms with Gasteiger partial charge in [0.25, 0.3) is 0 Å². The summed E-state index contributed by atoms with van der Waals surface area (Å²) in [6, 6.07) is 8.17. The number of nitrogens with zero attached hydrogens (tertiary/aromatic N) is 2. The third-order valence-electron chi connectivity index (χ3n) is 5.14. The minimum Gasteiger partial charge on any atom is -0.381 e. The zero-order valence-corrected chi connectivity index (χ0v) is 17.6. The Morgan fingerprint density at radius 1 is 1.26 bits per heavy atom. The van der Waals surface area contributed by atoms with Crippen LogP contribution in [0.15, 0.2) is 30.5 Å². The lowest BCUT2D eigenvalue weighted by Crippen LogP contribution is -2.46. The van der Waals surface area contributed by atoms with E-state index in [9.17, 15) is 4.79 Å². The number of halogens is 2. The minimum atomic E-state index is -0.514. The normalized spacial score (nSPS) is 15.9. The molecule has 0 radical (unpaired) electrons. The Labute approximate surface area is 173 Å². The summed E-state index contributed by atoms with van der Waals surface area (Å²) in [5.74, 6) is 0.00375. The van der Waals surface area contributed by atoms with E-state index in [2.05, 4.69) is 47.2 Å². The van der Waals surface area contributed by atoms with E-state index in [1.165, 1.54) is 5.39 Å². The van der Waals surface area contributed by atoms with Gasteiger partial charge in [-0.15, -0.1) is 24.8 Å². The summed E-state index contributed by atoms with van der Waals surface area (Å²) in [5.41, 5.74) is 7.37. The van der Waals surface area contributed by atoms with E-state index >= 15 is 0 Å². The van der Waals surface area contributed by atoms with Crippen molar-refractivity contribution in [2.45, 2.75) is 19.4 Å². The molecule has 1 saturated heterocycles. The lowest BCUT2D eigenvalue weighted by molar-refractivity contribution is -0.130. The average molecular weight is 417 g/mol. The molecule has 1 aromatic carbocycles. The first-order chi connectivity index (χ1) is 12.0. The Bertz CT molecular complexity index is 742. The Morgan fingerprint density at radius 3 is 2.59 bits per heavy atom. The van der Waals surface area contributed by atoms with Crippen molar-refractivity contribution in [1.29, 1.82) is 0 Å². The van der Waals surface area contributed by atoms with E-state index < -0.39 is 5.41 Å². The second-order valence-corrected chi connectivity index (χ2v) is 7.14. The molecule has 1 amide bonds. The van der Waals surface area contributed by atoms with Crippen LogP contribution in [0.4, 0.5) is 5.69 Å². The Balaban J connectivity index is 0.00000182. The van der Waals surface area contributed by atoms with Gasteiger partial charge in [-0.1, -0.05) is 6.07 Å². The van der Waals surface area contributed by atoms with Crippen LogP contribution in [0, 0.1) is 5.41 Å². The minimum absolute atomic E-state index is 0. The maximum absolute atomic E-state index is 12.8. The molecule has 1 aromatic heterocycles. The summed E-state index contributed by atoms with van der Waals surface area (Å²) in [6.45, 7) is 3.42. The molecule has 3 rings (SSSR count). The van der Waals surface area contributed by atoms with Gasteiger partial charge in [-0.3, -0.25) is 4.79 Å². The number of anilines is 1. The van der Waals surface area contributed by atoms with Crippen LogP contribution >= 0.6 is 24.8 Å². The van der Waals surface area contributed by atoms with Crippen LogP contribution in [0.2, 0.25) is 0 Å². The van der Waals surface area contributed by atoms with E-state index in [-0.39, 0.29) is 30.7 Å². The quantitative estimate of drug-likeness (QED) is 0.758. The molecule has 0 aliphatic carbocycles. The van der Waals surface area contributed by atoms with Crippen LogP contribution in [-0.2, 0) is 16.1 Å². The summed E-state index contributed by atoms with van der Waals surface area (Å²) in [5, 5.41) is 4.26. The van der Waals surface area contributed by atoms with Crippen LogP contribution in [0.5, 0.6) is 0 Å². The summed E-state index contributed by atoms with van der Waals surface area (Å²) in [6.07, 6.45) is 3.45. The SMILES string of the molecule is CN(C)CCn1ccc2ccc(NC(=O)C3(CN)CCOCC3)cc21.Cl.Cl. The van der Waals surface area contributed by atoms with Gasteiger partial charge in [0.05, 0.1) is 10.9 Å². The zero-order chi connectivity index (χ0) is 17.9. The van der Waals surface area contributed by atoms with Gasteiger partial charge in [-0.05, 0) is 50.5 Å². The number of ether oxygens (including phenoxy) is 1. The highest BCUT2D eigenvalue weighted by atomic mass is 35.5. The lowest BCUT2D eigenvalue weighted by atomic mass is 9.79. The number of amides is 1. The fourth-order valence-corrected chi connectivity index (χ4v) is 3.31. The van der Waals surface area contributed by atoms with Crippen LogP contribution in [-0.4, -0.2) is 55.8 Å². The summed E-state index contributed by atoms with van der Waals surface area (Å²) < 4.78 is 7.61. The van der Waals surface area contributed by atoms with Crippen molar-refractivity contribution in [3.63, 3.8) is 0 Å². The predicted octanol–water partition coefficient (Wildman–Crippen LogP) is 2.74. The van der Waals surface area contributed by atoms with Crippen LogP contribution < -0.4 is 11.1 Å². The smallest absolute Gasteiger partial charge is 0.232 e. The van der Waals surface area contributed by atoms with Crippen molar-refractivity contribution in [3.05, 3.63) is 30.5 Å². The highest BCUT2D eigenvalue weighted by Crippen LogP contribution is 2.31. The Hall–Kier alpha value is -1.31. The molecule has 3 N–H and O–H groups in total. The molecule has 0 bridgehead atoms. The molecule has 0 atom stereocenters. The van der Waals surface area contributed by atoms with Gasteiger partial charge in [-0.2, -0.15) is 0 Å². The molecule has 2 aromatic rings. The number of nitrogens with one attached hydrogen (secondary N) is 1. The van der Waals surface area contributed by atoms with Gasteiger partial charge in [-0.25, -0.2) is 0 Å². The van der Waals surface area contributed by atoms with Crippen molar-refractivity contribution >= 4 is 47.3 Å². The van der Waals surface area contributed by atoms with E-state index in [1.54, 1.807) is 0 Å². The van der Waals surface area contributed by atoms with Gasteiger partial charge >= 0.3 is 0 Å². The highest BCUT2D eigenvalue weighted by molar-refractivity contribution is 5.97. The molecule has 2 heterocycles. The molecule has 0 spiro atoms. The van der Waals surface area contributed by atoms with Crippen molar-refractivity contribution in [2.75, 3.05) is 45.7 Å². The van der Waals surface area contributed by atoms with Gasteiger partial charge < -0.3 is 25.3 Å². The largest absolute Gasteiger partial charge is 0.381 e. The number of rotatable bonds is 6. The van der Waals surface area contributed by atoms with Crippen LogP contribution in [0.3, 0.4) is 0 Å². The molecule has 152 valence electrons. The molecular weight excluding hydrogens is 387 g/mol. The van der Waals surface area contributed by atoms with Gasteiger partial charge in [0, 0.05) is 44.7 Å². The number of carbonyl (C=O) groups excluding carboxylic acids is 1. The molecule has 27 heavy (non-hydrogen) atoms. The highest BCUT2D eigenvalue weighted by Gasteiger charge is 2.38. The maximum atomic E-state index is 12.8. The van der Waals surface area contributed by atoms with Gasteiger partial charge in [0.1, 0.15) is 0 Å². The average Bonchev–Trinajstić information content (AvgIpc) is 3.02. The predicted molar refractivity (Wildman–Crippen MR) is 115 cm³/mol. The standard InChI is InChI=1S/C19H28N4O2.2ClH/c1-22(2)9-10-23-8-5-15-3-4-16(13-17(15)23)21-18(24)19(14-20)6-11-25-12-7-19;;/h3-5,8,13H,6-7,9-12,14,20H2,1-2H3,(H,21,24);2*1H. The van der Waals surface area contributed by atoms with E-state index in [4.69, 9.17) is 10.5 Å². The molecule has 8 heteroatoms. The summed E-state index contributed by atoms with van der Waals surface area (Å²) >= 11 is 0. The molecule has 1 aliphatic heterocycles. The molecule has 0 saturated carbocycles. The fraction of sp³-hybridized carbons (Fsp3) is 0.526. The third kappa shape index (κ3) is 5.36. The van der Waals surface area contributed by atoms with Crippen molar-refractivity contribution in [1.82, 2.24) is 9.47 Å². The first kappa shape index (κ1) is 23.7. The number of aromatic nitrogens is 1. The summed E-state index contributed by atoms with van der Waals surface area (Å²) in [4.78, 5) is 15.0. The molecule has 1 fully saturated rings. The lowest BCUT2D eigenvalue weighted by Gasteiger charge is -2.34. The number of nitrogens with two attached hydrogens (primary N) is 1. The second-order valence-electron chi connectivity index (χ2n) is 7.14. The topological polar surface area (TPSA) is 72.5 Å². The zero-order valence-electron chi connectivity index (χ0n) is 15.9. The maximum Gasteiger partial charge on any atom is 0.232 e. The summed E-state index contributed by atoms with van der Waals surface area (Å²) in [7, 11) is 4.13. The van der Waals surface area contributed by atoms with E-state index in [0.29, 0.717) is 32.6 Å². The number of hydrogen-bond acceptors (Lipinski definition) is 4. The number of likely N-dealkylation sites (N-methyl/N-ethyl adjacent to an activating group) is 1. The van der Waals surface area contributed by atoms with Crippen molar-refractivity contribution in [2.24, 2.45) is 11.1 Å². The van der Waals surface area contributed by atoms with E-state index in [0.717, 1.165) is 24.3 Å². The van der Waals surface area contributed by atoms with Crippen LogP contribution in [0.1, 0.15) is 12.8 Å². The van der Waals surface area contributed by atoms with Gasteiger partial charge in [0.2, 0.25) is 5.91 Å². The second kappa shape index (κ2) is 10.3.